The van der Waals surface area contributed by atoms with Gasteiger partial charge in [-0.1, -0.05) is 35.3 Å². The molecule has 0 saturated carbocycles. The highest BCUT2D eigenvalue weighted by Crippen LogP contribution is 2.48. The standard InChI is InChI=1S/C24H21Cl2N3O4/c1-32-18-6-3-11(9-19(18)33-2)12-7-16-21(17(30)8-12)20(14-5-4-13(25)10-15(14)26)22-23(27-16)28-29-24(22)31/h3-6,9-10,12,20H,7-8H2,1-2H3,(H3,27,28,29,31)/t12-,20-/m0/s1. The molecule has 3 N–H and O–H groups in total. The largest absolute Gasteiger partial charge is 0.493 e. The summed E-state index contributed by atoms with van der Waals surface area (Å²) in [7, 11) is 3.17. The highest BCUT2D eigenvalue weighted by atomic mass is 35.5. The maximum atomic E-state index is 13.5. The first-order valence-corrected chi connectivity index (χ1v) is 11.2. The number of halogens is 2. The average molecular weight is 486 g/mol. The molecule has 33 heavy (non-hydrogen) atoms. The third kappa shape index (κ3) is 3.61. The predicted molar refractivity (Wildman–Crippen MR) is 127 cm³/mol. The molecular weight excluding hydrogens is 465 g/mol. The molecule has 7 nitrogen and oxygen atoms in total. The van der Waals surface area contributed by atoms with Crippen molar-refractivity contribution in [2.24, 2.45) is 0 Å². The highest BCUT2D eigenvalue weighted by Gasteiger charge is 2.41. The van der Waals surface area contributed by atoms with Crippen molar-refractivity contribution < 1.29 is 14.3 Å². The van der Waals surface area contributed by atoms with Crippen LogP contribution in [-0.2, 0) is 4.79 Å². The van der Waals surface area contributed by atoms with Crippen molar-refractivity contribution >= 4 is 34.8 Å². The molecule has 2 aliphatic rings. The number of benzene rings is 2. The summed E-state index contributed by atoms with van der Waals surface area (Å²) in [6, 6.07) is 10.8. The Morgan fingerprint density at radius 2 is 1.73 bits per heavy atom. The molecule has 0 fully saturated rings. The molecule has 0 spiro atoms. The number of rotatable bonds is 4. The zero-order valence-corrected chi connectivity index (χ0v) is 19.4. The normalized spacial score (nSPS) is 19.6. The summed E-state index contributed by atoms with van der Waals surface area (Å²) in [6.07, 6.45) is 0.889. The summed E-state index contributed by atoms with van der Waals surface area (Å²) in [5, 5.41) is 9.69. The van der Waals surface area contributed by atoms with Gasteiger partial charge in [-0.05, 0) is 47.7 Å². The number of allylic oxidation sites excluding steroid dienone is 2. The van der Waals surface area contributed by atoms with Crippen LogP contribution < -0.4 is 20.3 Å². The summed E-state index contributed by atoms with van der Waals surface area (Å²) in [6.45, 7) is 0. The number of carbonyl (C=O) groups is 1. The fraction of sp³-hybridized carbons (Fsp3) is 0.250. The Bertz CT molecular complexity index is 1360. The van der Waals surface area contributed by atoms with Crippen LogP contribution in [0.15, 0.2) is 52.5 Å². The number of hydrogen-bond acceptors (Lipinski definition) is 5. The Balaban J connectivity index is 1.61. The summed E-state index contributed by atoms with van der Waals surface area (Å²) < 4.78 is 10.8. The van der Waals surface area contributed by atoms with E-state index in [1.54, 1.807) is 32.4 Å². The van der Waals surface area contributed by atoms with Gasteiger partial charge in [0.05, 0.1) is 19.8 Å². The number of fused-ring (bicyclic) bond motifs is 1. The van der Waals surface area contributed by atoms with E-state index in [1.165, 1.54) is 0 Å². The Morgan fingerprint density at radius 1 is 0.939 bits per heavy atom. The number of aromatic nitrogens is 2. The average Bonchev–Trinajstić information content (AvgIpc) is 3.17. The van der Waals surface area contributed by atoms with E-state index in [0.29, 0.717) is 56.9 Å². The molecule has 1 aliphatic carbocycles. The number of H-pyrrole nitrogens is 2. The quantitative estimate of drug-likeness (QED) is 0.483. The van der Waals surface area contributed by atoms with Gasteiger partial charge >= 0.3 is 0 Å². The Hall–Kier alpha value is -3.16. The molecule has 3 aromatic rings. The molecule has 5 rings (SSSR count). The van der Waals surface area contributed by atoms with Crippen LogP contribution in [0, 0.1) is 0 Å². The number of carbonyl (C=O) groups excluding carboxylic acids is 1. The number of hydrogen-bond donors (Lipinski definition) is 3. The van der Waals surface area contributed by atoms with Crippen molar-refractivity contribution in [3.63, 3.8) is 0 Å². The maximum Gasteiger partial charge on any atom is 0.270 e. The van der Waals surface area contributed by atoms with Crippen molar-refractivity contribution in [3.8, 4) is 11.5 Å². The third-order valence-corrected chi connectivity index (χ3v) is 6.89. The van der Waals surface area contributed by atoms with E-state index in [4.69, 9.17) is 32.7 Å². The molecule has 1 aromatic heterocycles. The van der Waals surface area contributed by atoms with Gasteiger partial charge in [0, 0.05) is 33.7 Å². The second kappa shape index (κ2) is 8.32. The van der Waals surface area contributed by atoms with E-state index in [-0.39, 0.29) is 17.3 Å². The number of aromatic amines is 2. The molecular formula is C24H21Cl2N3O4. The lowest BCUT2D eigenvalue weighted by Gasteiger charge is -2.35. The van der Waals surface area contributed by atoms with E-state index in [0.717, 1.165) is 11.3 Å². The molecule has 0 radical (unpaired) electrons. The molecule has 170 valence electrons. The van der Waals surface area contributed by atoms with Gasteiger partial charge in [-0.2, -0.15) is 0 Å². The highest BCUT2D eigenvalue weighted by molar-refractivity contribution is 6.35. The van der Waals surface area contributed by atoms with Gasteiger partial charge in [-0.15, -0.1) is 0 Å². The molecule has 0 saturated heterocycles. The monoisotopic (exact) mass is 485 g/mol. The number of ketones is 1. The van der Waals surface area contributed by atoms with Gasteiger partial charge in [0.2, 0.25) is 0 Å². The second-order valence-electron chi connectivity index (χ2n) is 8.13. The van der Waals surface area contributed by atoms with Crippen LogP contribution in [0.1, 0.15) is 41.4 Å². The lowest BCUT2D eigenvalue weighted by molar-refractivity contribution is -0.116. The van der Waals surface area contributed by atoms with Crippen molar-refractivity contribution in [1.29, 1.82) is 0 Å². The minimum atomic E-state index is -0.588. The predicted octanol–water partition coefficient (Wildman–Crippen LogP) is 4.99. The molecule has 2 heterocycles. The minimum absolute atomic E-state index is 0.0363. The first kappa shape index (κ1) is 21.7. The summed E-state index contributed by atoms with van der Waals surface area (Å²) in [4.78, 5) is 26.2. The molecule has 9 heteroatoms. The number of nitrogens with one attached hydrogen (secondary N) is 3. The zero-order valence-electron chi connectivity index (χ0n) is 17.9. The third-order valence-electron chi connectivity index (χ3n) is 6.33. The van der Waals surface area contributed by atoms with E-state index in [2.05, 4.69) is 15.5 Å². The van der Waals surface area contributed by atoms with Gasteiger partial charge < -0.3 is 14.8 Å². The molecule has 1 aliphatic heterocycles. The molecule has 2 atom stereocenters. The lowest BCUT2D eigenvalue weighted by atomic mass is 9.73. The number of methoxy groups -OCH3 is 2. The van der Waals surface area contributed by atoms with Crippen molar-refractivity contribution in [2.75, 3.05) is 19.5 Å². The van der Waals surface area contributed by atoms with Gasteiger partial charge in [-0.25, -0.2) is 0 Å². The smallest absolute Gasteiger partial charge is 0.270 e. The topological polar surface area (TPSA) is 96.2 Å². The van der Waals surface area contributed by atoms with Crippen molar-refractivity contribution in [1.82, 2.24) is 10.2 Å². The van der Waals surface area contributed by atoms with E-state index in [1.807, 2.05) is 18.2 Å². The Morgan fingerprint density at radius 3 is 2.45 bits per heavy atom. The summed E-state index contributed by atoms with van der Waals surface area (Å²) in [5.74, 6) is 1.10. The van der Waals surface area contributed by atoms with Gasteiger partial charge in [0.25, 0.3) is 5.56 Å². The van der Waals surface area contributed by atoms with Gasteiger partial charge in [0.15, 0.2) is 17.3 Å². The Kier molecular flexibility index (Phi) is 5.46. The van der Waals surface area contributed by atoms with Crippen LogP contribution in [0.3, 0.4) is 0 Å². The van der Waals surface area contributed by atoms with Crippen molar-refractivity contribution in [2.45, 2.75) is 24.7 Å². The fourth-order valence-electron chi connectivity index (χ4n) is 4.81. The minimum Gasteiger partial charge on any atom is -0.493 e. The lowest BCUT2D eigenvalue weighted by Crippen LogP contribution is -2.31. The van der Waals surface area contributed by atoms with E-state index >= 15 is 0 Å². The number of ether oxygens (including phenoxy) is 2. The number of Topliss-reactive ketones (excluding diaryl/α,β-unsaturated/α-hetero) is 1. The second-order valence-corrected chi connectivity index (χ2v) is 8.97. The first-order chi connectivity index (χ1) is 15.9. The van der Waals surface area contributed by atoms with Gasteiger partial charge in [0.1, 0.15) is 5.82 Å². The van der Waals surface area contributed by atoms with Crippen LogP contribution in [0.5, 0.6) is 11.5 Å². The number of anilines is 1. The van der Waals surface area contributed by atoms with Crippen LogP contribution in [-0.4, -0.2) is 30.2 Å². The fourth-order valence-corrected chi connectivity index (χ4v) is 5.33. The molecule has 0 unspecified atom stereocenters. The van der Waals surface area contributed by atoms with Crippen LogP contribution >= 0.6 is 23.2 Å². The molecule has 0 amide bonds. The summed E-state index contributed by atoms with van der Waals surface area (Å²) >= 11 is 12.6. The van der Waals surface area contributed by atoms with Crippen LogP contribution in [0.4, 0.5) is 5.82 Å². The summed E-state index contributed by atoms with van der Waals surface area (Å²) in [5.41, 5.74) is 3.12. The SMILES string of the molecule is COc1ccc([C@@H]2CC(=O)C3=C(C2)Nc2[nH][nH]c(=O)c2[C@H]3c2ccc(Cl)cc2Cl)cc1OC. The maximum absolute atomic E-state index is 13.5. The Labute approximate surface area is 199 Å². The molecule has 2 aromatic carbocycles. The zero-order chi connectivity index (χ0) is 23.3. The first-order valence-electron chi connectivity index (χ1n) is 10.4. The van der Waals surface area contributed by atoms with E-state index in [9.17, 15) is 9.59 Å². The van der Waals surface area contributed by atoms with Gasteiger partial charge in [-0.3, -0.25) is 19.8 Å². The molecule has 0 bridgehead atoms. The van der Waals surface area contributed by atoms with Crippen LogP contribution in [0.2, 0.25) is 10.0 Å². The van der Waals surface area contributed by atoms with Crippen molar-refractivity contribution in [3.05, 3.63) is 84.8 Å². The van der Waals surface area contributed by atoms with Crippen LogP contribution in [0.25, 0.3) is 0 Å². The van der Waals surface area contributed by atoms with E-state index < -0.39 is 5.92 Å².